The van der Waals surface area contributed by atoms with E-state index in [0.717, 1.165) is 51.5 Å². The number of rotatable bonds is 3. The molecule has 0 N–H and O–H groups in total. The van der Waals surface area contributed by atoms with Crippen molar-refractivity contribution < 1.29 is 9.53 Å². The fraction of sp³-hybridized carbons (Fsp3) is 0.611. The molecule has 7 nitrogen and oxygen atoms in total. The fourth-order valence-corrected chi connectivity index (χ4v) is 4.02. The summed E-state index contributed by atoms with van der Waals surface area (Å²) in [5.74, 6) is 0.556. The summed E-state index contributed by atoms with van der Waals surface area (Å²) < 4.78 is 7.15. The Balaban J connectivity index is 1.56. The first-order chi connectivity index (χ1) is 12.2. The maximum Gasteiger partial charge on any atom is 0.259 e. The number of morpholine rings is 1. The molecule has 0 unspecified atom stereocenters. The molecule has 2 saturated heterocycles. The molecular formula is C18H25N5O2. The zero-order valence-corrected chi connectivity index (χ0v) is 14.9. The van der Waals surface area contributed by atoms with E-state index in [0.29, 0.717) is 23.2 Å². The molecular weight excluding hydrogens is 318 g/mol. The lowest BCUT2D eigenvalue weighted by Crippen LogP contribution is -2.47. The van der Waals surface area contributed by atoms with Gasteiger partial charge in [-0.05, 0) is 18.9 Å². The minimum atomic E-state index is 0.0438. The van der Waals surface area contributed by atoms with Gasteiger partial charge in [-0.25, -0.2) is 9.50 Å². The third-order valence-corrected chi connectivity index (χ3v) is 5.47. The molecule has 0 radical (unpaired) electrons. The van der Waals surface area contributed by atoms with Crippen molar-refractivity contribution in [1.82, 2.24) is 24.4 Å². The van der Waals surface area contributed by atoms with Gasteiger partial charge in [0.15, 0.2) is 5.65 Å². The number of hydrogen-bond acceptors (Lipinski definition) is 5. The highest BCUT2D eigenvalue weighted by Gasteiger charge is 2.38. The lowest BCUT2D eigenvalue weighted by molar-refractivity contribution is 0.0103. The summed E-state index contributed by atoms with van der Waals surface area (Å²) >= 11 is 0. The lowest BCUT2D eigenvalue weighted by atomic mass is 9.99. The van der Waals surface area contributed by atoms with E-state index in [4.69, 9.17) is 4.74 Å². The van der Waals surface area contributed by atoms with E-state index in [1.807, 2.05) is 24.1 Å². The minimum absolute atomic E-state index is 0.0438. The standard InChI is InChI=1S/C18H25N5O2/c1-3-14-11-22(12-16(14)21-6-8-25-9-7-21)18(24)15-10-19-23-5-4-13(2)20-17(15)23/h4-5,10,14,16H,3,6-9,11-12H2,1-2H3/t14-,16+/m1/s1. The van der Waals surface area contributed by atoms with Crippen molar-refractivity contribution in [1.29, 1.82) is 0 Å². The molecule has 4 rings (SSSR count). The van der Waals surface area contributed by atoms with Crippen LogP contribution >= 0.6 is 0 Å². The van der Waals surface area contributed by atoms with Gasteiger partial charge < -0.3 is 9.64 Å². The summed E-state index contributed by atoms with van der Waals surface area (Å²) in [6, 6.07) is 2.32. The highest BCUT2D eigenvalue weighted by atomic mass is 16.5. The van der Waals surface area contributed by atoms with Gasteiger partial charge in [-0.15, -0.1) is 0 Å². The number of aromatic nitrogens is 3. The summed E-state index contributed by atoms with van der Waals surface area (Å²) in [4.78, 5) is 22.1. The van der Waals surface area contributed by atoms with Crippen LogP contribution in [0.15, 0.2) is 18.5 Å². The van der Waals surface area contributed by atoms with Crippen LogP contribution in [0.25, 0.3) is 5.65 Å². The number of nitrogens with zero attached hydrogens (tertiary/aromatic N) is 5. The van der Waals surface area contributed by atoms with Gasteiger partial charge in [0.2, 0.25) is 0 Å². The summed E-state index contributed by atoms with van der Waals surface area (Å²) in [7, 11) is 0. The smallest absolute Gasteiger partial charge is 0.259 e. The number of carbonyl (C=O) groups excluding carboxylic acids is 1. The molecule has 0 aliphatic carbocycles. The van der Waals surface area contributed by atoms with Gasteiger partial charge >= 0.3 is 0 Å². The van der Waals surface area contributed by atoms with Gasteiger partial charge in [0.1, 0.15) is 5.56 Å². The second kappa shape index (κ2) is 6.72. The van der Waals surface area contributed by atoms with Crippen LogP contribution < -0.4 is 0 Å². The maximum atomic E-state index is 13.1. The Kier molecular flexibility index (Phi) is 4.43. The predicted molar refractivity (Wildman–Crippen MR) is 93.6 cm³/mol. The van der Waals surface area contributed by atoms with Gasteiger partial charge in [0.05, 0.1) is 19.4 Å². The number of carbonyl (C=O) groups is 1. The highest BCUT2D eigenvalue weighted by molar-refractivity contribution is 5.99. The molecule has 134 valence electrons. The average molecular weight is 343 g/mol. The van der Waals surface area contributed by atoms with E-state index in [9.17, 15) is 4.79 Å². The molecule has 2 aliphatic rings. The van der Waals surface area contributed by atoms with Crippen LogP contribution in [0.1, 0.15) is 29.4 Å². The molecule has 7 heteroatoms. The number of fused-ring (bicyclic) bond motifs is 1. The van der Waals surface area contributed by atoms with E-state index in [-0.39, 0.29) is 5.91 Å². The van der Waals surface area contributed by atoms with Gasteiger partial charge in [0, 0.05) is 44.1 Å². The zero-order chi connectivity index (χ0) is 17.4. The van der Waals surface area contributed by atoms with Crippen molar-refractivity contribution in [3.05, 3.63) is 29.7 Å². The molecule has 0 saturated carbocycles. The van der Waals surface area contributed by atoms with Crippen LogP contribution in [-0.4, -0.2) is 75.7 Å². The van der Waals surface area contributed by atoms with E-state index in [2.05, 4.69) is 21.9 Å². The highest BCUT2D eigenvalue weighted by Crippen LogP contribution is 2.27. The lowest BCUT2D eigenvalue weighted by Gasteiger charge is -2.34. The van der Waals surface area contributed by atoms with Crippen molar-refractivity contribution in [3.63, 3.8) is 0 Å². The molecule has 2 aliphatic heterocycles. The maximum absolute atomic E-state index is 13.1. The number of ether oxygens (including phenoxy) is 1. The summed E-state index contributed by atoms with van der Waals surface area (Å²) in [6.07, 6.45) is 4.58. The molecule has 0 spiro atoms. The Morgan fingerprint density at radius 3 is 2.88 bits per heavy atom. The Morgan fingerprint density at radius 1 is 1.32 bits per heavy atom. The second-order valence-corrected chi connectivity index (χ2v) is 6.99. The van der Waals surface area contributed by atoms with Crippen LogP contribution in [0.5, 0.6) is 0 Å². The fourth-order valence-electron chi connectivity index (χ4n) is 4.02. The minimum Gasteiger partial charge on any atom is -0.379 e. The SMILES string of the molecule is CC[C@@H]1CN(C(=O)c2cnn3ccc(C)nc23)C[C@@H]1N1CCOCC1. The Labute approximate surface area is 147 Å². The zero-order valence-electron chi connectivity index (χ0n) is 14.9. The largest absolute Gasteiger partial charge is 0.379 e. The second-order valence-electron chi connectivity index (χ2n) is 6.99. The van der Waals surface area contributed by atoms with E-state index >= 15 is 0 Å². The third-order valence-electron chi connectivity index (χ3n) is 5.47. The van der Waals surface area contributed by atoms with Crippen LogP contribution in [0, 0.1) is 12.8 Å². The monoisotopic (exact) mass is 343 g/mol. The topological polar surface area (TPSA) is 63.0 Å². The van der Waals surface area contributed by atoms with Crippen molar-refractivity contribution >= 4 is 11.6 Å². The molecule has 2 atom stereocenters. The van der Waals surface area contributed by atoms with Crippen molar-refractivity contribution in [2.75, 3.05) is 39.4 Å². The average Bonchev–Trinajstić information content (AvgIpc) is 3.25. The molecule has 25 heavy (non-hydrogen) atoms. The Hall–Kier alpha value is -1.99. The van der Waals surface area contributed by atoms with Crippen LogP contribution in [0.4, 0.5) is 0 Å². The van der Waals surface area contributed by atoms with E-state index in [1.165, 1.54) is 0 Å². The normalized spacial score (nSPS) is 25.0. The predicted octanol–water partition coefficient (Wildman–Crippen LogP) is 1.22. The molecule has 1 amide bonds. The van der Waals surface area contributed by atoms with Gasteiger partial charge in [-0.1, -0.05) is 13.3 Å². The first-order valence-corrected chi connectivity index (χ1v) is 9.09. The number of hydrogen-bond donors (Lipinski definition) is 0. The van der Waals surface area contributed by atoms with Gasteiger partial charge in [-0.3, -0.25) is 9.69 Å². The quantitative estimate of drug-likeness (QED) is 0.839. The molecule has 2 aromatic heterocycles. The number of amides is 1. The van der Waals surface area contributed by atoms with Crippen LogP contribution in [-0.2, 0) is 4.74 Å². The Morgan fingerprint density at radius 2 is 2.12 bits per heavy atom. The molecule has 4 heterocycles. The van der Waals surface area contributed by atoms with E-state index < -0.39 is 0 Å². The van der Waals surface area contributed by atoms with Crippen molar-refractivity contribution in [2.45, 2.75) is 26.3 Å². The van der Waals surface area contributed by atoms with Gasteiger partial charge in [0.25, 0.3) is 5.91 Å². The van der Waals surface area contributed by atoms with Gasteiger partial charge in [-0.2, -0.15) is 5.10 Å². The van der Waals surface area contributed by atoms with Crippen molar-refractivity contribution in [3.8, 4) is 0 Å². The van der Waals surface area contributed by atoms with Crippen molar-refractivity contribution in [2.24, 2.45) is 5.92 Å². The van der Waals surface area contributed by atoms with Crippen LogP contribution in [0.3, 0.4) is 0 Å². The molecule has 2 aromatic rings. The third kappa shape index (κ3) is 3.02. The van der Waals surface area contributed by atoms with E-state index in [1.54, 1.807) is 10.7 Å². The summed E-state index contributed by atoms with van der Waals surface area (Å²) in [6.45, 7) is 9.23. The molecule has 0 aromatic carbocycles. The molecule has 0 bridgehead atoms. The summed E-state index contributed by atoms with van der Waals surface area (Å²) in [5, 5.41) is 4.28. The summed E-state index contributed by atoms with van der Waals surface area (Å²) in [5.41, 5.74) is 2.13. The molecule has 2 fully saturated rings. The first kappa shape index (κ1) is 16.5. The number of likely N-dealkylation sites (tertiary alicyclic amines) is 1. The first-order valence-electron chi connectivity index (χ1n) is 9.09. The number of aryl methyl sites for hydroxylation is 1. The van der Waals surface area contributed by atoms with Crippen LogP contribution in [0.2, 0.25) is 0 Å². The Bertz CT molecular complexity index is 768.